The molecule has 1 aliphatic heterocycles. The summed E-state index contributed by atoms with van der Waals surface area (Å²) in [6.07, 6.45) is 5.91. The van der Waals surface area contributed by atoms with Crippen molar-refractivity contribution in [3.63, 3.8) is 0 Å². The number of rotatable bonds is 11. The Hall–Kier alpha value is -4.95. The summed E-state index contributed by atoms with van der Waals surface area (Å²) < 4.78 is 7.64. The normalized spacial score (nSPS) is 14.5. The predicted octanol–water partition coefficient (Wildman–Crippen LogP) is 6.15. The van der Waals surface area contributed by atoms with E-state index in [1.165, 1.54) is 27.3 Å². The number of H-pyrrole nitrogens is 1. The number of methoxy groups -OCH3 is 1. The molecule has 1 fully saturated rings. The number of hydrogen-bond acceptors (Lipinski definition) is 5. The van der Waals surface area contributed by atoms with Crippen LogP contribution in [0.2, 0.25) is 0 Å². The number of aryl methyl sites for hydroxylation is 2. The van der Waals surface area contributed by atoms with Gasteiger partial charge in [-0.25, -0.2) is 0 Å². The van der Waals surface area contributed by atoms with Gasteiger partial charge >= 0.3 is 0 Å². The number of nitrogens with one attached hydrogen (secondary N) is 3. The van der Waals surface area contributed by atoms with Crippen LogP contribution in [0.4, 0.5) is 0 Å². The Kier molecular flexibility index (Phi) is 8.78. The molecule has 8 heteroatoms. The molecule has 7 rings (SSSR count). The summed E-state index contributed by atoms with van der Waals surface area (Å²) >= 11 is 0. The molecule has 1 saturated heterocycles. The number of carbonyl (C=O) groups is 1. The van der Waals surface area contributed by atoms with Crippen LogP contribution in [-0.2, 0) is 30.6 Å². The van der Waals surface area contributed by atoms with E-state index in [9.17, 15) is 4.79 Å². The van der Waals surface area contributed by atoms with E-state index in [4.69, 9.17) is 14.9 Å². The number of hydrogen-bond donors (Lipinski definition) is 3. The highest BCUT2D eigenvalue weighted by Gasteiger charge is 2.28. The lowest BCUT2D eigenvalue weighted by Gasteiger charge is -2.26. The first-order valence-corrected chi connectivity index (χ1v) is 16.2. The van der Waals surface area contributed by atoms with Gasteiger partial charge in [-0.1, -0.05) is 72.8 Å². The molecule has 1 atom stereocenters. The summed E-state index contributed by atoms with van der Waals surface area (Å²) in [7, 11) is 1.68. The first-order valence-electron chi connectivity index (χ1n) is 16.2. The van der Waals surface area contributed by atoms with Gasteiger partial charge in [-0.3, -0.25) is 4.79 Å². The second kappa shape index (κ2) is 13.6. The van der Waals surface area contributed by atoms with Crippen molar-refractivity contribution in [3.05, 3.63) is 126 Å². The number of aromatic nitrogens is 4. The van der Waals surface area contributed by atoms with Crippen LogP contribution in [0.15, 0.2) is 97.2 Å². The molecule has 1 unspecified atom stereocenters. The molecule has 6 aromatic rings. The van der Waals surface area contributed by atoms with Gasteiger partial charge in [0, 0.05) is 35.9 Å². The number of carbonyl (C=O) groups excluding carboxylic acids is 1. The average molecular weight is 613 g/mol. The van der Waals surface area contributed by atoms with Gasteiger partial charge in [0.05, 0.1) is 19.7 Å². The van der Waals surface area contributed by atoms with E-state index in [2.05, 4.69) is 105 Å². The summed E-state index contributed by atoms with van der Waals surface area (Å²) in [5.74, 6) is 2.56. The van der Waals surface area contributed by atoms with Crippen molar-refractivity contribution in [2.75, 3.05) is 20.2 Å². The number of fused-ring (bicyclic) bond motifs is 2. The number of piperidine rings is 1. The highest BCUT2D eigenvalue weighted by Crippen LogP contribution is 2.27. The van der Waals surface area contributed by atoms with Crippen LogP contribution >= 0.6 is 0 Å². The zero-order valence-corrected chi connectivity index (χ0v) is 26.2. The Morgan fingerprint density at radius 2 is 1.65 bits per heavy atom. The zero-order chi connectivity index (χ0) is 31.3. The largest absolute Gasteiger partial charge is 0.497 e. The van der Waals surface area contributed by atoms with Crippen LogP contribution in [0.1, 0.15) is 47.2 Å². The lowest BCUT2D eigenvalue weighted by atomic mass is 9.95. The molecule has 3 heterocycles. The molecule has 0 saturated carbocycles. The highest BCUT2D eigenvalue weighted by atomic mass is 16.5. The quantitative estimate of drug-likeness (QED) is 0.163. The monoisotopic (exact) mass is 612 g/mol. The van der Waals surface area contributed by atoms with Gasteiger partial charge in [0.25, 0.3) is 0 Å². The minimum absolute atomic E-state index is 0.0180. The lowest BCUT2D eigenvalue weighted by Crippen LogP contribution is -2.41. The minimum atomic E-state index is -0.347. The minimum Gasteiger partial charge on any atom is -0.497 e. The molecule has 0 radical (unpaired) electrons. The number of nitrogens with zero attached hydrogens (tertiary/aromatic N) is 3. The standard InChI is InChI=1S/C38H40N6O2/c1-46-31-16-13-26(14-17-31)25-44-36(18-15-30-24-40-34-12-5-4-11-33(30)34)42-43-37(44)35(41-38(45)28-19-21-39-22-20-28)23-29-9-6-8-27-7-2-3-10-32(27)29/h2-14,16-17,24,28,35,39-40H,15,18-23,25H2,1H3,(H,41,45). The molecular formula is C38H40N6O2. The van der Waals surface area contributed by atoms with Crippen molar-refractivity contribution >= 4 is 27.6 Å². The average Bonchev–Trinajstić information content (AvgIpc) is 3.71. The molecule has 234 valence electrons. The maximum Gasteiger partial charge on any atom is 0.223 e. The molecule has 46 heavy (non-hydrogen) atoms. The van der Waals surface area contributed by atoms with Gasteiger partial charge in [0.2, 0.25) is 5.91 Å². The maximum absolute atomic E-state index is 13.8. The molecule has 0 aliphatic carbocycles. The van der Waals surface area contributed by atoms with E-state index in [0.29, 0.717) is 19.4 Å². The number of aromatic amines is 1. The van der Waals surface area contributed by atoms with Crippen LogP contribution in [0.3, 0.4) is 0 Å². The molecule has 1 amide bonds. The van der Waals surface area contributed by atoms with Gasteiger partial charge in [0.15, 0.2) is 5.82 Å². The summed E-state index contributed by atoms with van der Waals surface area (Å²) in [5.41, 5.74) is 4.67. The predicted molar refractivity (Wildman–Crippen MR) is 182 cm³/mol. The van der Waals surface area contributed by atoms with Crippen LogP contribution in [0.5, 0.6) is 5.75 Å². The molecule has 0 bridgehead atoms. The van der Waals surface area contributed by atoms with E-state index in [-0.39, 0.29) is 17.9 Å². The second-order valence-electron chi connectivity index (χ2n) is 12.2. The van der Waals surface area contributed by atoms with E-state index in [1.807, 2.05) is 12.1 Å². The Morgan fingerprint density at radius 1 is 0.891 bits per heavy atom. The Labute approximate surface area is 269 Å². The topological polar surface area (TPSA) is 96.9 Å². The molecule has 1 aliphatic rings. The number of para-hydroxylation sites is 1. The van der Waals surface area contributed by atoms with Gasteiger partial charge in [-0.15, -0.1) is 10.2 Å². The number of amides is 1. The highest BCUT2D eigenvalue weighted by molar-refractivity contribution is 5.86. The van der Waals surface area contributed by atoms with Crippen molar-refractivity contribution in [1.29, 1.82) is 0 Å². The summed E-state index contributed by atoms with van der Waals surface area (Å²) in [6.45, 7) is 2.31. The summed E-state index contributed by atoms with van der Waals surface area (Å²) in [4.78, 5) is 17.2. The molecule has 3 N–H and O–H groups in total. The van der Waals surface area contributed by atoms with Gasteiger partial charge in [-0.2, -0.15) is 0 Å². The first kappa shape index (κ1) is 29.7. The fourth-order valence-electron chi connectivity index (χ4n) is 6.73. The zero-order valence-electron chi connectivity index (χ0n) is 26.2. The van der Waals surface area contributed by atoms with E-state index in [0.717, 1.165) is 60.8 Å². The number of ether oxygens (including phenoxy) is 1. The smallest absolute Gasteiger partial charge is 0.223 e. The van der Waals surface area contributed by atoms with E-state index < -0.39 is 0 Å². The van der Waals surface area contributed by atoms with Crippen LogP contribution in [0.25, 0.3) is 21.7 Å². The number of benzene rings is 4. The van der Waals surface area contributed by atoms with E-state index in [1.54, 1.807) is 7.11 Å². The van der Waals surface area contributed by atoms with Crippen molar-refractivity contribution in [3.8, 4) is 5.75 Å². The van der Waals surface area contributed by atoms with Gasteiger partial charge in [-0.05, 0) is 78.0 Å². The van der Waals surface area contributed by atoms with Crippen molar-refractivity contribution in [1.82, 2.24) is 30.4 Å². The van der Waals surface area contributed by atoms with Gasteiger partial charge in [0.1, 0.15) is 11.6 Å². The van der Waals surface area contributed by atoms with Crippen LogP contribution in [-0.4, -0.2) is 45.9 Å². The first-order chi connectivity index (χ1) is 22.7. The van der Waals surface area contributed by atoms with Crippen molar-refractivity contribution in [2.24, 2.45) is 5.92 Å². The lowest BCUT2D eigenvalue weighted by molar-refractivity contribution is -0.126. The Morgan fingerprint density at radius 3 is 2.48 bits per heavy atom. The third-order valence-electron chi connectivity index (χ3n) is 9.29. The van der Waals surface area contributed by atoms with Crippen LogP contribution in [0, 0.1) is 5.92 Å². The van der Waals surface area contributed by atoms with Crippen molar-refractivity contribution < 1.29 is 9.53 Å². The SMILES string of the molecule is COc1ccc(Cn2c(CCc3c[nH]c4ccccc34)nnc2C(Cc2cccc3ccccc23)NC(=O)C2CCNCC2)cc1. The third-order valence-corrected chi connectivity index (χ3v) is 9.29. The van der Waals surface area contributed by atoms with Crippen molar-refractivity contribution in [2.45, 2.75) is 44.7 Å². The van der Waals surface area contributed by atoms with E-state index >= 15 is 0 Å². The fourth-order valence-corrected chi connectivity index (χ4v) is 6.73. The molecular weight excluding hydrogens is 572 g/mol. The molecule has 2 aromatic heterocycles. The third kappa shape index (κ3) is 6.39. The summed E-state index contributed by atoms with van der Waals surface area (Å²) in [5, 5.41) is 20.1. The molecule has 0 spiro atoms. The maximum atomic E-state index is 13.8. The molecule has 4 aromatic carbocycles. The summed E-state index contributed by atoms with van der Waals surface area (Å²) in [6, 6.07) is 31.0. The van der Waals surface area contributed by atoms with Crippen LogP contribution < -0.4 is 15.4 Å². The Balaban J connectivity index is 1.26. The fraction of sp³-hybridized carbons (Fsp3) is 0.289. The second-order valence-corrected chi connectivity index (χ2v) is 12.2. The Bertz CT molecular complexity index is 1930. The van der Waals surface area contributed by atoms with Gasteiger partial charge < -0.3 is 24.9 Å². The molecule has 8 nitrogen and oxygen atoms in total.